The van der Waals surface area contributed by atoms with E-state index in [0.717, 1.165) is 0 Å². The lowest BCUT2D eigenvalue weighted by atomic mass is 10.0. The average molecular weight is 275 g/mol. The Kier molecular flexibility index (Phi) is 4.42. The Hall–Kier alpha value is -0.740. The van der Waals surface area contributed by atoms with Gasteiger partial charge in [-0.05, 0) is 24.1 Å². The summed E-state index contributed by atoms with van der Waals surface area (Å²) in [5.41, 5.74) is 0.315. The third-order valence-corrected chi connectivity index (χ3v) is 2.63. The number of Topliss-reactive ketones (excluding diaryl/α,β-unsaturated/α-hetero) is 1. The minimum Gasteiger partial charge on any atom is -0.385 e. The number of rotatable bonds is 4. The Labute approximate surface area is 96.2 Å². The first-order chi connectivity index (χ1) is 7.04. The number of benzene rings is 1. The van der Waals surface area contributed by atoms with Crippen LogP contribution >= 0.6 is 15.9 Å². The van der Waals surface area contributed by atoms with E-state index < -0.39 is 11.9 Å². The van der Waals surface area contributed by atoms with Gasteiger partial charge >= 0.3 is 0 Å². The smallest absolute Gasteiger partial charge is 0.165 e. The van der Waals surface area contributed by atoms with Crippen LogP contribution in [-0.4, -0.2) is 17.0 Å². The van der Waals surface area contributed by atoms with E-state index in [1.165, 1.54) is 6.07 Å². The van der Waals surface area contributed by atoms with Gasteiger partial charge in [0.2, 0.25) is 0 Å². The lowest BCUT2D eigenvalue weighted by molar-refractivity contribution is -0.126. The molecule has 0 saturated heterocycles. The Morgan fingerprint density at radius 1 is 1.60 bits per heavy atom. The lowest BCUT2D eigenvalue weighted by Crippen LogP contribution is -2.21. The first-order valence-corrected chi connectivity index (χ1v) is 5.48. The van der Waals surface area contributed by atoms with Crippen molar-refractivity contribution in [3.8, 4) is 0 Å². The summed E-state index contributed by atoms with van der Waals surface area (Å²) < 4.78 is 13.9. The largest absolute Gasteiger partial charge is 0.385 e. The molecule has 0 spiro atoms. The van der Waals surface area contributed by atoms with Crippen molar-refractivity contribution in [2.24, 2.45) is 0 Å². The first kappa shape index (κ1) is 12.3. The molecule has 0 fully saturated rings. The van der Waals surface area contributed by atoms with E-state index in [9.17, 15) is 14.3 Å². The molecular formula is C11H12BrFO2. The zero-order valence-corrected chi connectivity index (χ0v) is 9.92. The number of halogens is 2. The van der Waals surface area contributed by atoms with Crippen molar-refractivity contribution in [2.75, 3.05) is 0 Å². The maximum Gasteiger partial charge on any atom is 0.165 e. The second-order valence-electron chi connectivity index (χ2n) is 3.30. The summed E-state index contributed by atoms with van der Waals surface area (Å²) in [4.78, 5) is 11.4. The molecule has 1 atom stereocenters. The third kappa shape index (κ3) is 3.39. The van der Waals surface area contributed by atoms with Crippen LogP contribution in [0.3, 0.4) is 0 Å². The molecule has 4 heteroatoms. The Morgan fingerprint density at radius 2 is 2.27 bits per heavy atom. The first-order valence-electron chi connectivity index (χ1n) is 4.69. The third-order valence-electron chi connectivity index (χ3n) is 2.14. The summed E-state index contributed by atoms with van der Waals surface area (Å²) in [5, 5.41) is 9.25. The molecule has 0 bridgehead atoms. The molecule has 1 aromatic carbocycles. The normalized spacial score (nSPS) is 12.5. The summed E-state index contributed by atoms with van der Waals surface area (Å²) in [5.74, 6) is -0.778. The van der Waals surface area contributed by atoms with Crippen LogP contribution in [0.4, 0.5) is 4.39 Å². The summed E-state index contributed by atoms with van der Waals surface area (Å²) in [6, 6.07) is 4.52. The van der Waals surface area contributed by atoms with E-state index >= 15 is 0 Å². The van der Waals surface area contributed by atoms with Crippen LogP contribution in [-0.2, 0) is 11.2 Å². The molecule has 2 nitrogen and oxygen atoms in total. The predicted octanol–water partition coefficient (Wildman–Crippen LogP) is 2.47. The molecule has 15 heavy (non-hydrogen) atoms. The van der Waals surface area contributed by atoms with Gasteiger partial charge in [0.15, 0.2) is 5.78 Å². The van der Waals surface area contributed by atoms with Crippen LogP contribution < -0.4 is 0 Å². The standard InChI is InChI=1S/C11H12BrFO2/c1-2-10(14)11(15)5-7-3-4-8(12)6-9(7)13/h3-4,6,10,14H,2,5H2,1H3. The highest BCUT2D eigenvalue weighted by Gasteiger charge is 2.15. The van der Waals surface area contributed by atoms with Crippen LogP contribution in [0.1, 0.15) is 18.9 Å². The summed E-state index contributed by atoms with van der Waals surface area (Å²) in [7, 11) is 0. The zero-order chi connectivity index (χ0) is 11.4. The van der Waals surface area contributed by atoms with E-state index in [1.807, 2.05) is 0 Å². The molecule has 82 valence electrons. The highest BCUT2D eigenvalue weighted by atomic mass is 79.9. The van der Waals surface area contributed by atoms with Gasteiger partial charge in [0, 0.05) is 10.9 Å². The number of carbonyl (C=O) groups excluding carboxylic acids is 1. The van der Waals surface area contributed by atoms with E-state index in [-0.39, 0.29) is 12.2 Å². The lowest BCUT2D eigenvalue weighted by Gasteiger charge is -2.07. The molecule has 0 aliphatic rings. The molecule has 1 aromatic rings. The molecule has 1 N–H and O–H groups in total. The van der Waals surface area contributed by atoms with Crippen LogP contribution in [0.25, 0.3) is 0 Å². The molecule has 1 rings (SSSR count). The fraction of sp³-hybridized carbons (Fsp3) is 0.364. The monoisotopic (exact) mass is 274 g/mol. The van der Waals surface area contributed by atoms with E-state index in [4.69, 9.17) is 0 Å². The minimum absolute atomic E-state index is 0.0614. The molecule has 0 radical (unpaired) electrons. The van der Waals surface area contributed by atoms with Crippen LogP contribution in [0, 0.1) is 5.82 Å². The van der Waals surface area contributed by atoms with Crippen molar-refractivity contribution in [2.45, 2.75) is 25.9 Å². The van der Waals surface area contributed by atoms with E-state index in [0.29, 0.717) is 16.5 Å². The van der Waals surface area contributed by atoms with Gasteiger partial charge in [-0.15, -0.1) is 0 Å². The maximum absolute atomic E-state index is 13.3. The predicted molar refractivity (Wildman–Crippen MR) is 59.1 cm³/mol. The summed E-state index contributed by atoms with van der Waals surface area (Å²) in [6.07, 6.45) is -0.696. The zero-order valence-electron chi connectivity index (χ0n) is 8.34. The second kappa shape index (κ2) is 5.37. The van der Waals surface area contributed by atoms with Gasteiger partial charge in [-0.3, -0.25) is 4.79 Å². The van der Waals surface area contributed by atoms with Gasteiger partial charge in [-0.2, -0.15) is 0 Å². The van der Waals surface area contributed by atoms with Crippen molar-refractivity contribution in [1.82, 2.24) is 0 Å². The highest BCUT2D eigenvalue weighted by molar-refractivity contribution is 9.10. The molecule has 0 heterocycles. The van der Waals surface area contributed by atoms with Gasteiger partial charge in [-0.25, -0.2) is 4.39 Å². The van der Waals surface area contributed by atoms with Gasteiger partial charge in [-0.1, -0.05) is 28.9 Å². The Bertz CT molecular complexity index is 366. The van der Waals surface area contributed by atoms with Crippen LogP contribution in [0.15, 0.2) is 22.7 Å². The fourth-order valence-corrected chi connectivity index (χ4v) is 1.53. The Balaban J connectivity index is 2.77. The van der Waals surface area contributed by atoms with Gasteiger partial charge in [0.25, 0.3) is 0 Å². The van der Waals surface area contributed by atoms with Gasteiger partial charge < -0.3 is 5.11 Å². The van der Waals surface area contributed by atoms with Crippen molar-refractivity contribution in [1.29, 1.82) is 0 Å². The van der Waals surface area contributed by atoms with Gasteiger partial charge in [0.1, 0.15) is 11.9 Å². The fourth-order valence-electron chi connectivity index (χ4n) is 1.20. The van der Waals surface area contributed by atoms with Crippen molar-refractivity contribution in [3.63, 3.8) is 0 Å². The van der Waals surface area contributed by atoms with Crippen molar-refractivity contribution < 1.29 is 14.3 Å². The molecule has 0 saturated carbocycles. The molecule has 0 aromatic heterocycles. The van der Waals surface area contributed by atoms with Crippen molar-refractivity contribution in [3.05, 3.63) is 34.1 Å². The second-order valence-corrected chi connectivity index (χ2v) is 4.22. The quantitative estimate of drug-likeness (QED) is 0.916. The molecular weight excluding hydrogens is 263 g/mol. The SMILES string of the molecule is CCC(O)C(=O)Cc1ccc(Br)cc1F. The average Bonchev–Trinajstić information content (AvgIpc) is 2.20. The molecule has 0 aliphatic carbocycles. The van der Waals surface area contributed by atoms with E-state index in [2.05, 4.69) is 15.9 Å². The van der Waals surface area contributed by atoms with Gasteiger partial charge in [0.05, 0.1) is 0 Å². The number of ketones is 1. The highest BCUT2D eigenvalue weighted by Crippen LogP contribution is 2.16. The van der Waals surface area contributed by atoms with E-state index in [1.54, 1.807) is 19.1 Å². The van der Waals surface area contributed by atoms with Crippen LogP contribution in [0.2, 0.25) is 0 Å². The molecule has 1 unspecified atom stereocenters. The van der Waals surface area contributed by atoms with Crippen LogP contribution in [0.5, 0.6) is 0 Å². The van der Waals surface area contributed by atoms with Crippen molar-refractivity contribution >= 4 is 21.7 Å². The summed E-state index contributed by atoms with van der Waals surface area (Å²) in [6.45, 7) is 1.71. The minimum atomic E-state index is -0.993. The number of aliphatic hydroxyl groups excluding tert-OH is 1. The number of carbonyl (C=O) groups is 1. The molecule has 0 amide bonds. The Morgan fingerprint density at radius 3 is 2.80 bits per heavy atom. The number of aliphatic hydroxyl groups is 1. The topological polar surface area (TPSA) is 37.3 Å². The number of hydrogen-bond donors (Lipinski definition) is 1. The molecule has 0 aliphatic heterocycles. The maximum atomic E-state index is 13.3. The summed E-state index contributed by atoms with van der Waals surface area (Å²) >= 11 is 3.13. The number of hydrogen-bond acceptors (Lipinski definition) is 2.